The first kappa shape index (κ1) is 20.0. The normalized spacial score (nSPS) is 11.2. The Kier molecular flexibility index (Phi) is 5.09. The van der Waals surface area contributed by atoms with Crippen molar-refractivity contribution >= 4 is 32.8 Å². The van der Waals surface area contributed by atoms with Gasteiger partial charge >= 0.3 is 11.7 Å². The topological polar surface area (TPSA) is 143 Å². The summed E-state index contributed by atoms with van der Waals surface area (Å²) in [7, 11) is -4.04. The van der Waals surface area contributed by atoms with Crippen molar-refractivity contribution in [1.82, 2.24) is 19.3 Å². The summed E-state index contributed by atoms with van der Waals surface area (Å²) >= 11 is 0. The third-order valence-electron chi connectivity index (χ3n) is 4.33. The van der Waals surface area contributed by atoms with Gasteiger partial charge in [0, 0.05) is 0 Å². The first-order valence-electron chi connectivity index (χ1n) is 8.94. The highest BCUT2D eigenvalue weighted by Crippen LogP contribution is 2.10. The average Bonchev–Trinajstić information content (AvgIpc) is 2.75. The first-order chi connectivity index (χ1) is 14.8. The van der Waals surface area contributed by atoms with Crippen LogP contribution in [0.15, 0.2) is 87.4 Å². The molecule has 4 aromatic rings. The van der Waals surface area contributed by atoms with Crippen molar-refractivity contribution in [3.63, 3.8) is 0 Å². The van der Waals surface area contributed by atoms with E-state index in [0.717, 1.165) is 4.57 Å². The standard InChI is InChI=1S/C20H15N5O5S/c26-18-15-8-4-5-9-16(15)22-20(28)25(18)13-10-11-17(21-12-13)23-19(27)24-31(29,30)14-6-2-1-3-7-14/h1-12H,(H,22,28)(H2,21,23,24,27). The van der Waals surface area contributed by atoms with Crippen LogP contribution in [0.5, 0.6) is 0 Å². The Hall–Kier alpha value is -4.25. The number of amides is 2. The van der Waals surface area contributed by atoms with Crippen molar-refractivity contribution in [2.45, 2.75) is 4.90 Å². The number of urea groups is 1. The van der Waals surface area contributed by atoms with Gasteiger partial charge in [-0.25, -0.2) is 32.3 Å². The molecule has 11 heteroatoms. The van der Waals surface area contributed by atoms with E-state index in [0.29, 0.717) is 10.9 Å². The van der Waals surface area contributed by atoms with E-state index in [2.05, 4.69) is 15.3 Å². The van der Waals surface area contributed by atoms with Crippen LogP contribution in [0.1, 0.15) is 0 Å². The van der Waals surface area contributed by atoms with Gasteiger partial charge in [-0.05, 0) is 36.4 Å². The summed E-state index contributed by atoms with van der Waals surface area (Å²) in [6.07, 6.45) is 1.22. The van der Waals surface area contributed by atoms with Crippen LogP contribution >= 0.6 is 0 Å². The second kappa shape index (κ2) is 7.88. The molecule has 0 aliphatic carbocycles. The van der Waals surface area contributed by atoms with Crippen molar-refractivity contribution in [2.75, 3.05) is 5.32 Å². The van der Waals surface area contributed by atoms with E-state index in [1.165, 1.54) is 42.6 Å². The SMILES string of the molecule is O=C(Nc1ccc(-n2c(=O)[nH]c3ccccc3c2=O)cn1)NS(=O)(=O)c1ccccc1. The van der Waals surface area contributed by atoms with E-state index in [4.69, 9.17) is 0 Å². The van der Waals surface area contributed by atoms with Crippen LogP contribution < -0.4 is 21.3 Å². The molecule has 0 radical (unpaired) electrons. The molecule has 156 valence electrons. The van der Waals surface area contributed by atoms with Crippen molar-refractivity contribution in [3.05, 3.63) is 93.8 Å². The van der Waals surface area contributed by atoms with Gasteiger partial charge in [-0.15, -0.1) is 0 Å². The number of nitrogens with zero attached hydrogens (tertiary/aromatic N) is 2. The van der Waals surface area contributed by atoms with E-state index in [-0.39, 0.29) is 16.4 Å². The summed E-state index contributed by atoms with van der Waals surface area (Å²) in [5.41, 5.74) is -0.567. The molecule has 31 heavy (non-hydrogen) atoms. The van der Waals surface area contributed by atoms with E-state index < -0.39 is 27.3 Å². The fourth-order valence-corrected chi connectivity index (χ4v) is 3.84. The monoisotopic (exact) mass is 437 g/mol. The van der Waals surface area contributed by atoms with E-state index >= 15 is 0 Å². The summed E-state index contributed by atoms with van der Waals surface area (Å²) in [6.45, 7) is 0. The number of hydrogen-bond donors (Lipinski definition) is 3. The van der Waals surface area contributed by atoms with Crippen LogP contribution in [0.2, 0.25) is 0 Å². The van der Waals surface area contributed by atoms with Gasteiger partial charge in [0.05, 0.1) is 27.7 Å². The van der Waals surface area contributed by atoms with Gasteiger partial charge in [-0.1, -0.05) is 30.3 Å². The number of aromatic amines is 1. The minimum Gasteiger partial charge on any atom is -0.306 e. The molecule has 0 aliphatic heterocycles. The number of nitrogens with one attached hydrogen (secondary N) is 3. The number of H-pyrrole nitrogens is 1. The average molecular weight is 437 g/mol. The highest BCUT2D eigenvalue weighted by molar-refractivity contribution is 7.90. The van der Waals surface area contributed by atoms with Crippen molar-refractivity contribution < 1.29 is 13.2 Å². The number of anilines is 1. The highest BCUT2D eigenvalue weighted by Gasteiger charge is 2.17. The minimum atomic E-state index is -4.04. The van der Waals surface area contributed by atoms with Gasteiger partial charge in [0.2, 0.25) is 0 Å². The van der Waals surface area contributed by atoms with Gasteiger partial charge in [0.25, 0.3) is 15.6 Å². The number of carbonyl (C=O) groups is 1. The van der Waals surface area contributed by atoms with Gasteiger partial charge in [-0.3, -0.25) is 10.1 Å². The Bertz CT molecular complexity index is 1490. The van der Waals surface area contributed by atoms with Crippen molar-refractivity contribution in [2.24, 2.45) is 0 Å². The number of rotatable bonds is 4. The largest absolute Gasteiger partial charge is 0.334 e. The second-order valence-corrected chi connectivity index (χ2v) is 8.07. The Labute approximate surface area is 175 Å². The molecule has 4 rings (SSSR count). The maximum atomic E-state index is 12.7. The number of fused-ring (bicyclic) bond motifs is 1. The molecule has 2 amide bonds. The van der Waals surface area contributed by atoms with Gasteiger partial charge in [0.15, 0.2) is 0 Å². The lowest BCUT2D eigenvalue weighted by Crippen LogP contribution is -2.35. The molecule has 2 aromatic carbocycles. The van der Waals surface area contributed by atoms with Crippen LogP contribution in [0.3, 0.4) is 0 Å². The molecule has 0 saturated carbocycles. The van der Waals surface area contributed by atoms with E-state index in [9.17, 15) is 22.8 Å². The molecular formula is C20H15N5O5S. The fraction of sp³-hybridized carbons (Fsp3) is 0. The molecule has 2 heterocycles. The molecule has 10 nitrogen and oxygen atoms in total. The van der Waals surface area contributed by atoms with Crippen molar-refractivity contribution in [3.8, 4) is 5.69 Å². The smallest absolute Gasteiger partial charge is 0.306 e. The summed E-state index contributed by atoms with van der Waals surface area (Å²) in [5, 5.41) is 2.62. The zero-order chi connectivity index (χ0) is 22.0. The molecular weight excluding hydrogens is 422 g/mol. The summed E-state index contributed by atoms with van der Waals surface area (Å²) < 4.78 is 27.2. The number of benzene rings is 2. The molecule has 3 N–H and O–H groups in total. The molecule has 0 bridgehead atoms. The molecule has 0 saturated heterocycles. The lowest BCUT2D eigenvalue weighted by Gasteiger charge is -2.09. The second-order valence-electron chi connectivity index (χ2n) is 6.39. The number of pyridine rings is 1. The van der Waals surface area contributed by atoms with Crippen molar-refractivity contribution in [1.29, 1.82) is 0 Å². The lowest BCUT2D eigenvalue weighted by atomic mass is 10.2. The maximum absolute atomic E-state index is 12.7. The van der Waals surface area contributed by atoms with Crippen LogP contribution in [-0.2, 0) is 10.0 Å². The third kappa shape index (κ3) is 4.07. The zero-order valence-corrected chi connectivity index (χ0v) is 16.6. The quantitative estimate of drug-likeness (QED) is 0.442. The summed E-state index contributed by atoms with van der Waals surface area (Å²) in [5.74, 6) is 0.0229. The predicted molar refractivity (Wildman–Crippen MR) is 114 cm³/mol. The Morgan fingerprint density at radius 1 is 0.935 bits per heavy atom. The maximum Gasteiger partial charge on any atom is 0.334 e. The molecule has 0 fully saturated rings. The fourth-order valence-electron chi connectivity index (χ4n) is 2.91. The number of sulfonamides is 1. The highest BCUT2D eigenvalue weighted by atomic mass is 32.2. The van der Waals surface area contributed by atoms with Crippen LogP contribution in [0.4, 0.5) is 10.6 Å². The Morgan fingerprint density at radius 3 is 2.35 bits per heavy atom. The lowest BCUT2D eigenvalue weighted by molar-refractivity contribution is 0.256. The molecule has 0 spiro atoms. The molecule has 0 unspecified atom stereocenters. The number of para-hydroxylation sites is 1. The van der Waals surface area contributed by atoms with Crippen LogP contribution in [0.25, 0.3) is 16.6 Å². The first-order valence-corrected chi connectivity index (χ1v) is 10.4. The predicted octanol–water partition coefficient (Wildman–Crippen LogP) is 1.58. The third-order valence-corrected chi connectivity index (χ3v) is 5.68. The van der Waals surface area contributed by atoms with E-state index in [1.54, 1.807) is 30.3 Å². The molecule has 2 aromatic heterocycles. The van der Waals surface area contributed by atoms with Gasteiger partial charge < -0.3 is 4.98 Å². The molecule has 0 atom stereocenters. The Morgan fingerprint density at radius 2 is 1.65 bits per heavy atom. The number of hydrogen-bond acceptors (Lipinski definition) is 6. The van der Waals surface area contributed by atoms with Gasteiger partial charge in [-0.2, -0.15) is 0 Å². The van der Waals surface area contributed by atoms with Crippen LogP contribution in [0, 0.1) is 0 Å². The van der Waals surface area contributed by atoms with Gasteiger partial charge in [0.1, 0.15) is 5.82 Å². The van der Waals surface area contributed by atoms with E-state index in [1.807, 2.05) is 4.72 Å². The Balaban J connectivity index is 1.56. The minimum absolute atomic E-state index is 0.0229. The zero-order valence-electron chi connectivity index (χ0n) is 15.8. The molecule has 0 aliphatic rings. The number of carbonyl (C=O) groups excluding carboxylic acids is 1. The number of aromatic nitrogens is 3. The summed E-state index contributed by atoms with van der Waals surface area (Å²) in [6, 6.07) is 15.7. The van der Waals surface area contributed by atoms with Crippen LogP contribution in [-0.4, -0.2) is 29.0 Å². The summed E-state index contributed by atoms with van der Waals surface area (Å²) in [4.78, 5) is 43.6.